The molecule has 1 unspecified atom stereocenters. The summed E-state index contributed by atoms with van der Waals surface area (Å²) in [4.78, 5) is 22.9. The number of rotatable bonds is 4. The Hall–Kier alpha value is -3.19. The Bertz CT molecular complexity index is 1140. The largest absolute Gasteiger partial charge is 0.506 e. The minimum absolute atomic E-state index is 0.0279. The molecular weight excluding hydrogens is 384 g/mol. The molecule has 0 aliphatic carbocycles. The number of aryl methyl sites for hydroxylation is 1. The Labute approximate surface area is 162 Å². The van der Waals surface area contributed by atoms with Crippen molar-refractivity contribution in [2.24, 2.45) is 10.2 Å². The van der Waals surface area contributed by atoms with Crippen molar-refractivity contribution in [1.82, 2.24) is 19.5 Å². The number of aliphatic hydroxyl groups is 3. The summed E-state index contributed by atoms with van der Waals surface area (Å²) in [6.07, 6.45) is -3.53. The van der Waals surface area contributed by atoms with Crippen molar-refractivity contribution < 1.29 is 25.2 Å². The van der Waals surface area contributed by atoms with Gasteiger partial charge in [0.2, 0.25) is 0 Å². The second-order valence-electron chi connectivity index (χ2n) is 6.63. The highest BCUT2D eigenvalue weighted by molar-refractivity contribution is 5.70. The molecule has 152 valence electrons. The van der Waals surface area contributed by atoms with Gasteiger partial charge in [0.05, 0.1) is 12.9 Å². The topological polar surface area (TPSA) is 178 Å². The Morgan fingerprint density at radius 2 is 2.07 bits per heavy atom. The number of aliphatic hydroxyl groups excluding tert-OH is 3. The molecule has 0 radical (unpaired) electrons. The predicted octanol–water partition coefficient (Wildman–Crippen LogP) is 0.161. The van der Waals surface area contributed by atoms with E-state index in [-0.39, 0.29) is 28.5 Å². The van der Waals surface area contributed by atoms with Crippen molar-refractivity contribution in [3.05, 3.63) is 40.4 Å². The van der Waals surface area contributed by atoms with Gasteiger partial charge in [-0.1, -0.05) is 6.07 Å². The Kier molecular flexibility index (Phi) is 4.84. The lowest BCUT2D eigenvalue weighted by Gasteiger charge is -2.16. The van der Waals surface area contributed by atoms with Crippen molar-refractivity contribution in [3.8, 4) is 5.75 Å². The van der Waals surface area contributed by atoms with Crippen molar-refractivity contribution >= 4 is 22.8 Å². The van der Waals surface area contributed by atoms with Gasteiger partial charge in [0.25, 0.3) is 11.5 Å². The molecule has 0 spiro atoms. The zero-order valence-electron chi connectivity index (χ0n) is 15.2. The van der Waals surface area contributed by atoms with E-state index in [1.54, 1.807) is 12.1 Å². The number of H-pyrrole nitrogens is 1. The van der Waals surface area contributed by atoms with E-state index in [1.807, 2.05) is 6.92 Å². The number of nitrogens with one attached hydrogen (secondary N) is 1. The van der Waals surface area contributed by atoms with E-state index < -0.39 is 36.7 Å². The average molecular weight is 402 g/mol. The smallest absolute Gasteiger partial charge is 0.280 e. The highest BCUT2D eigenvalue weighted by Crippen LogP contribution is 2.31. The number of imidazole rings is 1. The molecule has 1 saturated heterocycles. The molecule has 1 aliphatic rings. The molecule has 1 aliphatic heterocycles. The molecule has 1 fully saturated rings. The third-order valence-corrected chi connectivity index (χ3v) is 4.59. The number of aromatic nitrogens is 4. The summed E-state index contributed by atoms with van der Waals surface area (Å²) in [7, 11) is 0. The highest BCUT2D eigenvalue weighted by Gasteiger charge is 2.44. The molecule has 4 atom stereocenters. The third-order valence-electron chi connectivity index (χ3n) is 4.59. The number of hydrogen-bond acceptors (Lipinski definition) is 10. The number of benzene rings is 1. The van der Waals surface area contributed by atoms with E-state index in [0.29, 0.717) is 0 Å². The molecule has 0 saturated carbocycles. The first-order chi connectivity index (χ1) is 13.9. The lowest BCUT2D eigenvalue weighted by Crippen LogP contribution is -2.33. The van der Waals surface area contributed by atoms with Gasteiger partial charge in [-0.15, -0.1) is 10.2 Å². The molecule has 4 rings (SSSR count). The Balaban J connectivity index is 1.72. The molecule has 5 N–H and O–H groups in total. The van der Waals surface area contributed by atoms with Gasteiger partial charge in [-0.3, -0.25) is 14.3 Å². The Morgan fingerprint density at radius 1 is 1.28 bits per heavy atom. The van der Waals surface area contributed by atoms with Crippen LogP contribution in [-0.4, -0.2) is 64.9 Å². The average Bonchev–Trinajstić information content (AvgIpc) is 3.23. The molecule has 2 aromatic heterocycles. The number of fused-ring (bicyclic) bond motifs is 1. The summed E-state index contributed by atoms with van der Waals surface area (Å²) in [5, 5.41) is 47.1. The number of ether oxygens (including phenoxy) is 1. The summed E-state index contributed by atoms with van der Waals surface area (Å²) < 4.78 is 6.73. The number of hydrogen-bond donors (Lipinski definition) is 5. The van der Waals surface area contributed by atoms with Crippen LogP contribution in [0.2, 0.25) is 0 Å². The zero-order chi connectivity index (χ0) is 20.7. The normalized spacial score (nSPS) is 24.7. The van der Waals surface area contributed by atoms with Crippen LogP contribution in [0, 0.1) is 6.92 Å². The van der Waals surface area contributed by atoms with Crippen molar-refractivity contribution in [1.29, 1.82) is 0 Å². The van der Waals surface area contributed by atoms with Gasteiger partial charge in [0, 0.05) is 0 Å². The van der Waals surface area contributed by atoms with E-state index in [9.17, 15) is 25.2 Å². The van der Waals surface area contributed by atoms with Gasteiger partial charge < -0.3 is 25.2 Å². The quantitative estimate of drug-likeness (QED) is 0.383. The summed E-state index contributed by atoms with van der Waals surface area (Å²) in [5.74, 6) is -0.232. The minimum Gasteiger partial charge on any atom is -0.506 e. The molecular formula is C17H18N6O6. The van der Waals surface area contributed by atoms with Crippen molar-refractivity contribution in [3.63, 3.8) is 0 Å². The highest BCUT2D eigenvalue weighted by atomic mass is 16.6. The van der Waals surface area contributed by atoms with Crippen LogP contribution in [0.15, 0.2) is 39.5 Å². The Morgan fingerprint density at radius 3 is 2.76 bits per heavy atom. The second-order valence-corrected chi connectivity index (χ2v) is 6.63. The zero-order valence-corrected chi connectivity index (χ0v) is 15.2. The fraction of sp³-hybridized carbons (Fsp3) is 0.353. The van der Waals surface area contributed by atoms with Crippen molar-refractivity contribution in [2.75, 3.05) is 6.61 Å². The van der Waals surface area contributed by atoms with Crippen LogP contribution in [0.25, 0.3) is 11.2 Å². The number of aromatic hydroxyl groups is 1. The summed E-state index contributed by atoms with van der Waals surface area (Å²) in [5.41, 5.74) is 0.459. The first-order valence-electron chi connectivity index (χ1n) is 8.69. The molecule has 12 heteroatoms. The lowest BCUT2D eigenvalue weighted by atomic mass is 10.1. The molecule has 0 bridgehead atoms. The third kappa shape index (κ3) is 3.38. The van der Waals surface area contributed by atoms with Gasteiger partial charge in [0.15, 0.2) is 17.4 Å². The predicted molar refractivity (Wildman–Crippen MR) is 98.2 cm³/mol. The van der Waals surface area contributed by atoms with E-state index in [4.69, 9.17) is 4.74 Å². The fourth-order valence-corrected chi connectivity index (χ4v) is 3.08. The van der Waals surface area contributed by atoms with Crippen LogP contribution in [0.1, 0.15) is 11.8 Å². The molecule has 3 aromatic rings. The number of azo groups is 1. The maximum absolute atomic E-state index is 12.3. The molecule has 0 amide bonds. The number of aromatic amines is 1. The van der Waals surface area contributed by atoms with Crippen LogP contribution in [0.5, 0.6) is 5.75 Å². The van der Waals surface area contributed by atoms with Crippen LogP contribution in [0.4, 0.5) is 11.6 Å². The summed E-state index contributed by atoms with van der Waals surface area (Å²) in [6.45, 7) is 1.32. The molecule has 29 heavy (non-hydrogen) atoms. The van der Waals surface area contributed by atoms with E-state index in [0.717, 1.165) is 5.56 Å². The standard InChI is InChI=1S/C17H18N6O6/c1-7-2-3-8(9(25)4-7)21-22-17-19-14-11(15(28)20-17)18-6-23(14)16-13(27)12(26)10(5-24)29-16/h2-4,6,10,12-13,16,24-27H,5H2,1H3,(H,19,20,28)/t10-,12-,13-,16?/m1/s1. The van der Waals surface area contributed by atoms with Gasteiger partial charge >= 0.3 is 0 Å². The monoisotopic (exact) mass is 402 g/mol. The number of phenols is 1. The van der Waals surface area contributed by atoms with Gasteiger partial charge in [-0.2, -0.15) is 4.98 Å². The van der Waals surface area contributed by atoms with Crippen molar-refractivity contribution in [2.45, 2.75) is 31.5 Å². The molecule has 3 heterocycles. The van der Waals surface area contributed by atoms with Crippen LogP contribution < -0.4 is 5.56 Å². The second kappa shape index (κ2) is 7.33. The first-order valence-corrected chi connectivity index (χ1v) is 8.69. The molecule has 1 aromatic carbocycles. The van der Waals surface area contributed by atoms with E-state index in [1.165, 1.54) is 17.0 Å². The van der Waals surface area contributed by atoms with E-state index >= 15 is 0 Å². The number of phenolic OH excluding ortho intramolecular Hbond substituents is 1. The van der Waals surface area contributed by atoms with Crippen LogP contribution in [0.3, 0.4) is 0 Å². The lowest BCUT2D eigenvalue weighted by molar-refractivity contribution is -0.0511. The fourth-order valence-electron chi connectivity index (χ4n) is 3.08. The van der Waals surface area contributed by atoms with E-state index in [2.05, 4.69) is 25.2 Å². The van der Waals surface area contributed by atoms with Gasteiger partial charge in [0.1, 0.15) is 29.7 Å². The minimum atomic E-state index is -1.36. The molecule has 12 nitrogen and oxygen atoms in total. The summed E-state index contributed by atoms with van der Waals surface area (Å²) in [6, 6.07) is 4.82. The number of nitrogens with zero attached hydrogens (tertiary/aromatic N) is 5. The SMILES string of the molecule is Cc1ccc(N=Nc2nc3c(ncn3C3O[C@H](CO)[C@@H](O)[C@H]3O)c(=O)[nH]2)c(O)c1. The maximum Gasteiger partial charge on any atom is 0.280 e. The maximum atomic E-state index is 12.3. The van der Waals surface area contributed by atoms with Crippen LogP contribution >= 0.6 is 0 Å². The first kappa shape index (κ1) is 19.1. The van der Waals surface area contributed by atoms with Crippen LogP contribution in [-0.2, 0) is 4.74 Å². The van der Waals surface area contributed by atoms with Gasteiger partial charge in [-0.05, 0) is 24.6 Å². The van der Waals surface area contributed by atoms with Gasteiger partial charge in [-0.25, -0.2) is 4.98 Å². The summed E-state index contributed by atoms with van der Waals surface area (Å²) >= 11 is 0.